The van der Waals surface area contributed by atoms with Gasteiger partial charge in [-0.05, 0) is 24.3 Å². The molecule has 5 heteroatoms. The average molecular weight is 415 g/mol. The number of benzene rings is 2. The number of alkyl halides is 1. The highest BCUT2D eigenvalue weighted by atomic mass is 79.9. The summed E-state index contributed by atoms with van der Waals surface area (Å²) in [5, 5.41) is 1.01. The minimum absolute atomic E-state index is 0.0730. The predicted molar refractivity (Wildman–Crippen MR) is 89.1 cm³/mol. The van der Waals surface area contributed by atoms with Crippen molar-refractivity contribution in [2.24, 2.45) is 0 Å². The van der Waals surface area contributed by atoms with E-state index in [1.807, 2.05) is 24.3 Å². The molecule has 0 saturated heterocycles. The van der Waals surface area contributed by atoms with Crippen LogP contribution in [0.15, 0.2) is 46.9 Å². The number of hydrogen-bond acceptors (Lipinski definition) is 2. The summed E-state index contributed by atoms with van der Waals surface area (Å²) in [6.45, 7) is 0. The van der Waals surface area contributed by atoms with E-state index in [9.17, 15) is 4.39 Å². The van der Waals surface area contributed by atoms with Crippen molar-refractivity contribution in [3.63, 3.8) is 0 Å². The lowest BCUT2D eigenvalue weighted by Crippen LogP contribution is -1.98. The molecule has 2 aromatic carbocycles. The van der Waals surface area contributed by atoms with Crippen LogP contribution in [-0.4, -0.2) is 4.98 Å². The maximum atomic E-state index is 13.9. The quantitative estimate of drug-likeness (QED) is 0.488. The molecule has 1 unspecified atom stereocenters. The first kappa shape index (κ1) is 14.2. The average Bonchev–Trinajstić information content (AvgIpc) is 2.80. The van der Waals surface area contributed by atoms with Crippen LogP contribution < -0.4 is 0 Å². The van der Waals surface area contributed by atoms with E-state index >= 15 is 0 Å². The van der Waals surface area contributed by atoms with Crippen molar-refractivity contribution in [1.82, 2.24) is 4.98 Å². The lowest BCUT2D eigenvalue weighted by molar-refractivity contribution is 0.607. The van der Waals surface area contributed by atoms with Crippen molar-refractivity contribution in [1.29, 1.82) is 0 Å². The maximum absolute atomic E-state index is 13.9. The van der Waals surface area contributed by atoms with Gasteiger partial charge in [-0.15, -0.1) is 11.3 Å². The summed E-state index contributed by atoms with van der Waals surface area (Å²) in [6.07, 6.45) is 0.678. The lowest BCUT2D eigenvalue weighted by Gasteiger charge is -2.09. The van der Waals surface area contributed by atoms with E-state index in [0.29, 0.717) is 12.0 Å². The van der Waals surface area contributed by atoms with Crippen molar-refractivity contribution < 1.29 is 4.39 Å². The third-order valence-electron chi connectivity index (χ3n) is 2.99. The maximum Gasteiger partial charge on any atom is 0.128 e. The van der Waals surface area contributed by atoms with E-state index in [0.717, 1.165) is 15.0 Å². The van der Waals surface area contributed by atoms with Gasteiger partial charge in [-0.2, -0.15) is 0 Å². The Bertz CT molecular complexity index is 723. The minimum Gasteiger partial charge on any atom is -0.241 e. The highest BCUT2D eigenvalue weighted by Crippen LogP contribution is 2.33. The van der Waals surface area contributed by atoms with Crippen molar-refractivity contribution in [3.05, 3.63) is 63.3 Å². The topological polar surface area (TPSA) is 12.9 Å². The van der Waals surface area contributed by atoms with Gasteiger partial charge in [0.2, 0.25) is 0 Å². The zero-order valence-electron chi connectivity index (χ0n) is 10.3. The van der Waals surface area contributed by atoms with Crippen LogP contribution >= 0.6 is 43.2 Å². The van der Waals surface area contributed by atoms with Gasteiger partial charge >= 0.3 is 0 Å². The van der Waals surface area contributed by atoms with Crippen LogP contribution in [0.5, 0.6) is 0 Å². The normalized spacial score (nSPS) is 12.8. The van der Waals surface area contributed by atoms with Crippen molar-refractivity contribution >= 4 is 53.4 Å². The van der Waals surface area contributed by atoms with Crippen LogP contribution in [0.2, 0.25) is 0 Å². The Morgan fingerprint density at radius 3 is 2.75 bits per heavy atom. The Morgan fingerprint density at radius 2 is 2.00 bits per heavy atom. The summed E-state index contributed by atoms with van der Waals surface area (Å²) in [4.78, 5) is 4.51. The van der Waals surface area contributed by atoms with Crippen LogP contribution in [0, 0.1) is 5.82 Å². The summed E-state index contributed by atoms with van der Waals surface area (Å²) in [5.41, 5.74) is 1.66. The molecular formula is C15H10Br2FNS. The fraction of sp³-hybridized carbons (Fsp3) is 0.133. The van der Waals surface area contributed by atoms with Gasteiger partial charge in [-0.25, -0.2) is 9.37 Å². The Labute approximate surface area is 137 Å². The zero-order chi connectivity index (χ0) is 14.1. The van der Waals surface area contributed by atoms with E-state index < -0.39 is 0 Å². The number of fused-ring (bicyclic) bond motifs is 1. The standard InChI is InChI=1S/C15H10Br2FNS/c16-9-5-6-10(12(18)7-9)11(17)8-15-19-13-3-1-2-4-14(13)20-15/h1-7,11H,8H2. The molecular weight excluding hydrogens is 405 g/mol. The van der Waals surface area contributed by atoms with Gasteiger partial charge in [0.1, 0.15) is 5.82 Å². The Morgan fingerprint density at radius 1 is 1.20 bits per heavy atom. The van der Waals surface area contributed by atoms with Gasteiger partial charge in [0.05, 0.1) is 15.2 Å². The van der Waals surface area contributed by atoms with Crippen LogP contribution in [0.1, 0.15) is 15.4 Å². The molecule has 0 amide bonds. The molecule has 1 nitrogen and oxygen atoms in total. The number of hydrogen-bond donors (Lipinski definition) is 0. The van der Waals surface area contributed by atoms with Crippen LogP contribution in [0.4, 0.5) is 4.39 Å². The van der Waals surface area contributed by atoms with E-state index in [1.165, 1.54) is 10.8 Å². The van der Waals surface area contributed by atoms with Crippen LogP contribution in [0.25, 0.3) is 10.2 Å². The molecule has 0 bridgehead atoms. The second-order valence-corrected chi connectivity index (χ2v) is 7.55. The van der Waals surface area contributed by atoms with Crippen LogP contribution in [-0.2, 0) is 6.42 Å². The minimum atomic E-state index is -0.206. The number of rotatable bonds is 3. The first-order valence-corrected chi connectivity index (χ1v) is 8.59. The number of halogens is 3. The number of aromatic nitrogens is 1. The Hall–Kier alpha value is -0.780. The molecule has 1 aromatic heterocycles. The van der Waals surface area contributed by atoms with Crippen LogP contribution in [0.3, 0.4) is 0 Å². The number of nitrogens with zero attached hydrogens (tertiary/aromatic N) is 1. The van der Waals surface area contributed by atoms with E-state index in [-0.39, 0.29) is 10.6 Å². The van der Waals surface area contributed by atoms with Crippen molar-refractivity contribution in [2.45, 2.75) is 11.2 Å². The third-order valence-corrected chi connectivity index (χ3v) is 5.36. The highest BCUT2D eigenvalue weighted by Gasteiger charge is 2.15. The SMILES string of the molecule is Fc1cc(Br)ccc1C(Br)Cc1nc2ccccc2s1. The largest absolute Gasteiger partial charge is 0.241 e. The fourth-order valence-electron chi connectivity index (χ4n) is 2.03. The summed E-state index contributed by atoms with van der Waals surface area (Å²) in [6, 6.07) is 13.2. The molecule has 3 aromatic rings. The molecule has 0 N–H and O–H groups in total. The molecule has 0 spiro atoms. The predicted octanol–water partition coefficient (Wildman–Crippen LogP) is 5.88. The molecule has 3 rings (SSSR count). The highest BCUT2D eigenvalue weighted by molar-refractivity contribution is 9.10. The molecule has 0 aliphatic carbocycles. The fourth-order valence-corrected chi connectivity index (χ4v) is 4.26. The van der Waals surface area contributed by atoms with E-state index in [2.05, 4.69) is 42.9 Å². The molecule has 0 radical (unpaired) electrons. The zero-order valence-corrected chi connectivity index (χ0v) is 14.3. The molecule has 0 fully saturated rings. The Balaban J connectivity index is 1.86. The summed E-state index contributed by atoms with van der Waals surface area (Å²) >= 11 is 8.49. The first-order valence-electron chi connectivity index (χ1n) is 6.07. The van der Waals surface area contributed by atoms with E-state index in [4.69, 9.17) is 0 Å². The molecule has 0 aliphatic rings. The lowest BCUT2D eigenvalue weighted by atomic mass is 10.1. The van der Waals surface area contributed by atoms with Gasteiger partial charge in [0.25, 0.3) is 0 Å². The number of para-hydroxylation sites is 1. The smallest absolute Gasteiger partial charge is 0.128 e. The molecule has 1 heterocycles. The molecule has 102 valence electrons. The second kappa shape index (κ2) is 5.92. The first-order chi connectivity index (χ1) is 9.63. The number of thiazole rings is 1. The monoisotopic (exact) mass is 413 g/mol. The molecule has 0 saturated carbocycles. The van der Waals surface area contributed by atoms with Gasteiger partial charge in [0.15, 0.2) is 0 Å². The third kappa shape index (κ3) is 2.95. The summed E-state index contributed by atoms with van der Waals surface area (Å²) < 4.78 is 15.8. The second-order valence-electron chi connectivity index (χ2n) is 4.41. The molecule has 0 aliphatic heterocycles. The van der Waals surface area contributed by atoms with Gasteiger partial charge in [-0.3, -0.25) is 0 Å². The van der Waals surface area contributed by atoms with Crippen molar-refractivity contribution in [2.75, 3.05) is 0 Å². The molecule has 1 atom stereocenters. The van der Waals surface area contributed by atoms with Crippen molar-refractivity contribution in [3.8, 4) is 0 Å². The summed E-state index contributed by atoms with van der Waals surface area (Å²) in [5.74, 6) is -0.206. The Kier molecular flexibility index (Phi) is 4.19. The van der Waals surface area contributed by atoms with Gasteiger partial charge < -0.3 is 0 Å². The van der Waals surface area contributed by atoms with Gasteiger partial charge in [-0.1, -0.05) is 50.1 Å². The molecule has 20 heavy (non-hydrogen) atoms. The van der Waals surface area contributed by atoms with E-state index in [1.54, 1.807) is 17.4 Å². The summed E-state index contributed by atoms with van der Waals surface area (Å²) in [7, 11) is 0. The van der Waals surface area contributed by atoms with Gasteiger partial charge in [0, 0.05) is 21.3 Å².